The summed E-state index contributed by atoms with van der Waals surface area (Å²) in [6.45, 7) is 2.87. The second-order valence-corrected chi connectivity index (χ2v) is 3.47. The minimum absolute atomic E-state index is 0.0606. The summed E-state index contributed by atoms with van der Waals surface area (Å²) >= 11 is 0. The Morgan fingerprint density at radius 3 is 2.56 bits per heavy atom. The van der Waals surface area contributed by atoms with E-state index in [0.717, 1.165) is 18.2 Å². The molecule has 1 unspecified atom stereocenters. The predicted molar refractivity (Wildman–Crippen MR) is 55.7 cm³/mol. The summed E-state index contributed by atoms with van der Waals surface area (Å²) in [5, 5.41) is 11.7. The quantitative estimate of drug-likeness (QED) is 0.813. The lowest BCUT2D eigenvalue weighted by atomic mass is 10.1. The highest BCUT2D eigenvalue weighted by molar-refractivity contribution is 5.99. The van der Waals surface area contributed by atoms with E-state index in [1.54, 1.807) is 0 Å². The second-order valence-electron chi connectivity index (χ2n) is 3.47. The maximum Gasteiger partial charge on any atom is 0.255 e. The molecule has 16 heavy (non-hydrogen) atoms. The molecule has 1 atom stereocenters. The van der Waals surface area contributed by atoms with Crippen molar-refractivity contribution in [3.8, 4) is 5.75 Å². The first-order valence-electron chi connectivity index (χ1n) is 4.71. The first-order chi connectivity index (χ1) is 7.41. The summed E-state index contributed by atoms with van der Waals surface area (Å²) in [6.07, 6.45) is 0. The molecule has 0 spiro atoms. The van der Waals surface area contributed by atoms with Crippen LogP contribution < -0.4 is 5.32 Å². The van der Waals surface area contributed by atoms with E-state index in [9.17, 15) is 19.1 Å². The number of hydrogen-bond acceptors (Lipinski definition) is 3. The Labute approximate surface area is 92.1 Å². The molecule has 5 heteroatoms. The molecule has 1 rings (SSSR count). The Hall–Kier alpha value is -1.91. The van der Waals surface area contributed by atoms with Crippen LogP contribution in [0, 0.1) is 5.82 Å². The van der Waals surface area contributed by atoms with Crippen LogP contribution in [-0.2, 0) is 4.79 Å². The largest absolute Gasteiger partial charge is 0.507 e. The average Bonchev–Trinajstić information content (AvgIpc) is 2.16. The zero-order valence-electron chi connectivity index (χ0n) is 8.95. The number of ketones is 1. The molecule has 0 aliphatic rings. The fourth-order valence-corrected chi connectivity index (χ4v) is 1.07. The monoisotopic (exact) mass is 225 g/mol. The van der Waals surface area contributed by atoms with Gasteiger partial charge in [-0.2, -0.15) is 0 Å². The lowest BCUT2D eigenvalue weighted by Crippen LogP contribution is -2.37. The molecule has 0 fully saturated rings. The Balaban J connectivity index is 2.85. The number of hydrogen-bond donors (Lipinski definition) is 2. The lowest BCUT2D eigenvalue weighted by Gasteiger charge is -2.11. The van der Waals surface area contributed by atoms with Crippen molar-refractivity contribution in [3.63, 3.8) is 0 Å². The molecule has 1 aromatic rings. The van der Waals surface area contributed by atoms with Crippen LogP contribution in [0.4, 0.5) is 4.39 Å². The maximum atomic E-state index is 12.7. The molecule has 1 aromatic carbocycles. The van der Waals surface area contributed by atoms with Crippen molar-refractivity contribution in [3.05, 3.63) is 29.6 Å². The van der Waals surface area contributed by atoms with Gasteiger partial charge in [-0.15, -0.1) is 0 Å². The number of aromatic hydroxyl groups is 1. The summed E-state index contributed by atoms with van der Waals surface area (Å²) < 4.78 is 12.7. The zero-order chi connectivity index (χ0) is 12.3. The Morgan fingerprint density at radius 2 is 2.06 bits per heavy atom. The number of phenols is 1. The predicted octanol–water partition coefficient (Wildman–Crippen LogP) is 1.24. The van der Waals surface area contributed by atoms with Gasteiger partial charge < -0.3 is 10.4 Å². The summed E-state index contributed by atoms with van der Waals surface area (Å²) in [5.74, 6) is -1.89. The number of carbonyl (C=O) groups excluding carboxylic acids is 2. The SMILES string of the molecule is CC(=O)C(C)NC(=O)c1ccc(F)cc1O. The van der Waals surface area contributed by atoms with E-state index in [0.29, 0.717) is 0 Å². The van der Waals surface area contributed by atoms with Gasteiger partial charge in [0, 0.05) is 6.07 Å². The van der Waals surface area contributed by atoms with E-state index < -0.39 is 23.5 Å². The summed E-state index contributed by atoms with van der Waals surface area (Å²) in [6, 6.07) is 2.42. The number of nitrogens with one attached hydrogen (secondary N) is 1. The second kappa shape index (κ2) is 4.74. The number of rotatable bonds is 3. The first kappa shape index (κ1) is 12.2. The molecule has 0 aliphatic carbocycles. The van der Waals surface area contributed by atoms with Crippen molar-refractivity contribution < 1.29 is 19.1 Å². The summed E-state index contributed by atoms with van der Waals surface area (Å²) in [7, 11) is 0. The van der Waals surface area contributed by atoms with Gasteiger partial charge in [0.25, 0.3) is 5.91 Å². The maximum absolute atomic E-state index is 12.7. The van der Waals surface area contributed by atoms with Crippen molar-refractivity contribution in [1.82, 2.24) is 5.32 Å². The van der Waals surface area contributed by atoms with Crippen LogP contribution in [0.1, 0.15) is 24.2 Å². The first-order valence-corrected chi connectivity index (χ1v) is 4.71. The smallest absolute Gasteiger partial charge is 0.255 e. The molecule has 1 amide bonds. The normalized spacial score (nSPS) is 11.9. The average molecular weight is 225 g/mol. The Kier molecular flexibility index (Phi) is 3.60. The van der Waals surface area contributed by atoms with Crippen LogP contribution in [0.2, 0.25) is 0 Å². The van der Waals surface area contributed by atoms with Gasteiger partial charge in [-0.1, -0.05) is 0 Å². The third kappa shape index (κ3) is 2.79. The van der Waals surface area contributed by atoms with E-state index in [1.165, 1.54) is 13.8 Å². The molecule has 0 aromatic heterocycles. The van der Waals surface area contributed by atoms with Crippen molar-refractivity contribution in [2.45, 2.75) is 19.9 Å². The number of Topliss-reactive ketones (excluding diaryl/α,β-unsaturated/α-hetero) is 1. The highest BCUT2D eigenvalue weighted by Crippen LogP contribution is 2.17. The molecule has 0 aliphatic heterocycles. The van der Waals surface area contributed by atoms with Gasteiger partial charge >= 0.3 is 0 Å². The van der Waals surface area contributed by atoms with Crippen molar-refractivity contribution >= 4 is 11.7 Å². The third-order valence-corrected chi connectivity index (χ3v) is 2.16. The van der Waals surface area contributed by atoms with E-state index >= 15 is 0 Å². The fourth-order valence-electron chi connectivity index (χ4n) is 1.07. The van der Waals surface area contributed by atoms with Crippen LogP contribution in [0.5, 0.6) is 5.75 Å². The molecule has 0 heterocycles. The number of phenolic OH excluding ortho intramolecular Hbond substituents is 1. The molecule has 2 N–H and O–H groups in total. The molecular weight excluding hydrogens is 213 g/mol. The molecule has 86 valence electrons. The molecular formula is C11H12FNO3. The van der Waals surface area contributed by atoms with Crippen LogP contribution in [0.25, 0.3) is 0 Å². The fraction of sp³-hybridized carbons (Fsp3) is 0.273. The topological polar surface area (TPSA) is 66.4 Å². The summed E-state index contributed by atoms with van der Waals surface area (Å²) in [5.41, 5.74) is -0.0606. The van der Waals surface area contributed by atoms with Gasteiger partial charge in [0.15, 0.2) is 5.78 Å². The zero-order valence-corrected chi connectivity index (χ0v) is 8.95. The van der Waals surface area contributed by atoms with Gasteiger partial charge in [-0.25, -0.2) is 4.39 Å². The van der Waals surface area contributed by atoms with E-state index in [1.807, 2.05) is 0 Å². The van der Waals surface area contributed by atoms with E-state index in [2.05, 4.69) is 5.32 Å². The third-order valence-electron chi connectivity index (χ3n) is 2.16. The van der Waals surface area contributed by atoms with Crippen LogP contribution in [0.3, 0.4) is 0 Å². The van der Waals surface area contributed by atoms with Crippen LogP contribution >= 0.6 is 0 Å². The standard InChI is InChI=1S/C11H12FNO3/c1-6(7(2)14)13-11(16)9-4-3-8(12)5-10(9)15/h3-6,15H,1-2H3,(H,13,16). The number of carbonyl (C=O) groups is 2. The van der Waals surface area contributed by atoms with Crippen LogP contribution in [-0.4, -0.2) is 22.8 Å². The van der Waals surface area contributed by atoms with E-state index in [-0.39, 0.29) is 11.3 Å². The van der Waals surface area contributed by atoms with Gasteiger partial charge in [-0.3, -0.25) is 9.59 Å². The number of benzene rings is 1. The van der Waals surface area contributed by atoms with Gasteiger partial charge in [0.1, 0.15) is 11.6 Å². The number of halogens is 1. The van der Waals surface area contributed by atoms with Crippen molar-refractivity contribution in [2.24, 2.45) is 0 Å². The lowest BCUT2D eigenvalue weighted by molar-refractivity contribution is -0.118. The molecule has 0 bridgehead atoms. The van der Waals surface area contributed by atoms with Gasteiger partial charge in [0.05, 0.1) is 11.6 Å². The van der Waals surface area contributed by atoms with Crippen molar-refractivity contribution in [1.29, 1.82) is 0 Å². The molecule has 4 nitrogen and oxygen atoms in total. The molecule has 0 saturated carbocycles. The number of amides is 1. The van der Waals surface area contributed by atoms with Crippen molar-refractivity contribution in [2.75, 3.05) is 0 Å². The van der Waals surface area contributed by atoms with E-state index in [4.69, 9.17) is 0 Å². The van der Waals surface area contributed by atoms with Gasteiger partial charge in [-0.05, 0) is 26.0 Å². The highest BCUT2D eigenvalue weighted by atomic mass is 19.1. The van der Waals surface area contributed by atoms with Gasteiger partial charge in [0.2, 0.25) is 0 Å². The Morgan fingerprint density at radius 1 is 1.44 bits per heavy atom. The summed E-state index contributed by atoms with van der Waals surface area (Å²) in [4.78, 5) is 22.5. The highest BCUT2D eigenvalue weighted by Gasteiger charge is 2.16. The van der Waals surface area contributed by atoms with Crippen LogP contribution in [0.15, 0.2) is 18.2 Å². The minimum Gasteiger partial charge on any atom is -0.507 e. The Bertz CT molecular complexity index is 431. The molecule has 0 radical (unpaired) electrons. The minimum atomic E-state index is -0.642. The molecule has 0 saturated heterocycles.